The number of hydrogen-bond donors (Lipinski definition) is 0. The van der Waals surface area contributed by atoms with Crippen molar-refractivity contribution in [1.29, 1.82) is 0 Å². The molecule has 0 bridgehead atoms. The molecule has 2 atom stereocenters. The van der Waals surface area contributed by atoms with Gasteiger partial charge in [-0.1, -0.05) is 88.9 Å². The Hall–Kier alpha value is -2.68. The summed E-state index contributed by atoms with van der Waals surface area (Å²) in [6.07, 6.45) is 9.53. The number of aldehydes is 1. The molecule has 1 aliphatic carbocycles. The Bertz CT molecular complexity index is 916. The van der Waals surface area contributed by atoms with Crippen molar-refractivity contribution >= 4 is 12.1 Å². The van der Waals surface area contributed by atoms with Crippen LogP contribution in [0.4, 0.5) is 0 Å². The van der Waals surface area contributed by atoms with Crippen LogP contribution >= 0.6 is 0 Å². The van der Waals surface area contributed by atoms with E-state index in [-0.39, 0.29) is 23.0 Å². The van der Waals surface area contributed by atoms with Crippen LogP contribution in [0, 0.1) is 5.92 Å². The predicted molar refractivity (Wildman–Crippen MR) is 146 cm³/mol. The summed E-state index contributed by atoms with van der Waals surface area (Å²) in [6.45, 7) is 13.4. The molecule has 3 nitrogen and oxygen atoms in total. The number of ketones is 1. The van der Waals surface area contributed by atoms with E-state index in [9.17, 15) is 9.59 Å². The Labute approximate surface area is 213 Å². The van der Waals surface area contributed by atoms with E-state index in [2.05, 4.69) is 64.3 Å². The van der Waals surface area contributed by atoms with Gasteiger partial charge in [0.05, 0.1) is 0 Å². The van der Waals surface area contributed by atoms with Gasteiger partial charge in [0.15, 0.2) is 0 Å². The third-order valence-corrected chi connectivity index (χ3v) is 7.30. The van der Waals surface area contributed by atoms with E-state index in [0.717, 1.165) is 36.0 Å². The molecule has 190 valence electrons. The number of carbonyl (C=O) groups is 2. The van der Waals surface area contributed by atoms with Gasteiger partial charge in [0.2, 0.25) is 0 Å². The zero-order valence-electron chi connectivity index (χ0n) is 22.1. The van der Waals surface area contributed by atoms with Gasteiger partial charge in [-0.2, -0.15) is 0 Å². The van der Waals surface area contributed by atoms with Crippen molar-refractivity contribution in [2.75, 3.05) is 0 Å². The normalized spacial score (nSPS) is 17.9. The Morgan fingerprint density at radius 2 is 1.80 bits per heavy atom. The van der Waals surface area contributed by atoms with E-state index >= 15 is 0 Å². The van der Waals surface area contributed by atoms with Gasteiger partial charge in [-0.25, -0.2) is 0 Å². The van der Waals surface area contributed by atoms with Crippen LogP contribution in [0.25, 0.3) is 0 Å². The smallest absolute Gasteiger partial charge is 0.133 e. The summed E-state index contributed by atoms with van der Waals surface area (Å²) in [6, 6.07) is 16.8. The molecule has 0 amide bonds. The lowest BCUT2D eigenvalue weighted by atomic mass is 9.72. The summed E-state index contributed by atoms with van der Waals surface area (Å²) in [4.78, 5) is 23.7. The number of hydrogen-bond acceptors (Lipinski definition) is 3. The van der Waals surface area contributed by atoms with Crippen molar-refractivity contribution in [2.24, 2.45) is 5.92 Å². The number of rotatable bonds is 12. The molecule has 2 aromatic rings. The second kappa shape index (κ2) is 14.7. The zero-order chi connectivity index (χ0) is 25.7. The zero-order valence-corrected chi connectivity index (χ0v) is 22.1. The largest absolute Gasteiger partial charge is 0.489 e. The van der Waals surface area contributed by atoms with Crippen molar-refractivity contribution in [2.45, 2.75) is 96.5 Å². The fraction of sp³-hybridized carbons (Fsp3) is 0.500. The number of unbranched alkanes of at least 4 members (excludes halogenated alkanes) is 3. The third-order valence-electron chi connectivity index (χ3n) is 7.30. The number of carbonyl (C=O) groups excluding carboxylic acids is 2. The van der Waals surface area contributed by atoms with Crippen LogP contribution in [0.5, 0.6) is 5.75 Å². The molecule has 0 aliphatic heterocycles. The van der Waals surface area contributed by atoms with Gasteiger partial charge in [0.25, 0.3) is 0 Å². The molecule has 2 aromatic carbocycles. The molecule has 3 rings (SSSR count). The Morgan fingerprint density at radius 3 is 2.49 bits per heavy atom. The number of Topliss-reactive ketones (excluding diaryl/α,β-unsaturated/α-hetero) is 1. The molecule has 0 N–H and O–H groups in total. The average Bonchev–Trinajstić information content (AvgIpc) is 2.88. The minimum absolute atomic E-state index is 0.0453. The summed E-state index contributed by atoms with van der Waals surface area (Å²) >= 11 is 0. The second-order valence-corrected chi connectivity index (χ2v) is 10.3. The predicted octanol–water partition coefficient (Wildman–Crippen LogP) is 8.36. The van der Waals surface area contributed by atoms with E-state index in [1.54, 1.807) is 0 Å². The van der Waals surface area contributed by atoms with Gasteiger partial charge in [0, 0.05) is 19.3 Å². The van der Waals surface area contributed by atoms with Crippen molar-refractivity contribution < 1.29 is 14.3 Å². The molecule has 0 spiro atoms. The molecule has 1 aliphatic rings. The molecule has 0 saturated heterocycles. The maximum Gasteiger partial charge on any atom is 0.133 e. The van der Waals surface area contributed by atoms with Crippen LogP contribution in [0.2, 0.25) is 0 Å². The first-order valence-electron chi connectivity index (χ1n) is 13.2. The van der Waals surface area contributed by atoms with Crippen molar-refractivity contribution in [3.63, 3.8) is 0 Å². The number of benzene rings is 2. The van der Waals surface area contributed by atoms with Crippen LogP contribution < -0.4 is 4.74 Å². The van der Waals surface area contributed by atoms with Gasteiger partial charge in [0.1, 0.15) is 24.4 Å². The summed E-state index contributed by atoms with van der Waals surface area (Å²) in [5.41, 5.74) is 3.54. The van der Waals surface area contributed by atoms with Crippen LogP contribution in [0.1, 0.15) is 101 Å². The lowest BCUT2D eigenvalue weighted by Crippen LogP contribution is -2.25. The molecular formula is C32H44O3. The molecule has 0 heterocycles. The first-order valence-corrected chi connectivity index (χ1v) is 13.2. The van der Waals surface area contributed by atoms with Gasteiger partial charge < -0.3 is 9.53 Å². The highest BCUT2D eigenvalue weighted by Crippen LogP contribution is 2.43. The average molecular weight is 477 g/mol. The van der Waals surface area contributed by atoms with Gasteiger partial charge >= 0.3 is 0 Å². The molecule has 1 fully saturated rings. The third kappa shape index (κ3) is 8.49. The first kappa shape index (κ1) is 28.6. The molecule has 0 unspecified atom stereocenters. The highest BCUT2D eigenvalue weighted by atomic mass is 16.5. The first-order chi connectivity index (χ1) is 16.9. The lowest BCUT2D eigenvalue weighted by Gasteiger charge is -2.32. The summed E-state index contributed by atoms with van der Waals surface area (Å²) in [5.74, 6) is 1.40. The summed E-state index contributed by atoms with van der Waals surface area (Å²) in [7, 11) is 0. The van der Waals surface area contributed by atoms with Crippen molar-refractivity contribution in [3.05, 3.63) is 78.4 Å². The highest BCUT2D eigenvalue weighted by Gasteiger charge is 2.33. The van der Waals surface area contributed by atoms with Crippen molar-refractivity contribution in [1.82, 2.24) is 0 Å². The van der Waals surface area contributed by atoms with E-state index in [1.165, 1.54) is 31.2 Å². The second-order valence-electron chi connectivity index (χ2n) is 10.3. The molecule has 35 heavy (non-hydrogen) atoms. The molecule has 1 saturated carbocycles. The Balaban J connectivity index is 0.00000210. The van der Waals surface area contributed by atoms with E-state index in [4.69, 9.17) is 4.74 Å². The number of ether oxygens (including phenoxy) is 1. The van der Waals surface area contributed by atoms with Gasteiger partial charge in [-0.15, -0.1) is 13.2 Å². The van der Waals surface area contributed by atoms with Gasteiger partial charge in [-0.3, -0.25) is 4.79 Å². The molecule has 0 radical (unpaired) electrons. The minimum Gasteiger partial charge on any atom is -0.489 e. The van der Waals surface area contributed by atoms with Crippen LogP contribution in [0.3, 0.4) is 0 Å². The lowest BCUT2D eigenvalue weighted by molar-refractivity contribution is -0.122. The van der Waals surface area contributed by atoms with Crippen LogP contribution in [-0.4, -0.2) is 12.1 Å². The fourth-order valence-electron chi connectivity index (χ4n) is 5.09. The minimum atomic E-state index is 0.0453. The Kier molecular flexibility index (Phi) is 12.0. The van der Waals surface area contributed by atoms with Crippen LogP contribution in [0.15, 0.2) is 61.7 Å². The maximum absolute atomic E-state index is 12.4. The van der Waals surface area contributed by atoms with Crippen LogP contribution in [-0.2, 0) is 21.6 Å². The molecular weight excluding hydrogens is 432 g/mol. The quantitative estimate of drug-likeness (QED) is 0.176. The maximum atomic E-state index is 12.4. The SMILES string of the molecule is C=C.CCCCCCC(C)(C)c1ccc([C@@H]2CC(=O)CC[C@H]2CC=O)c(OCc2ccccc2)c1. The van der Waals surface area contributed by atoms with E-state index < -0.39 is 0 Å². The summed E-state index contributed by atoms with van der Waals surface area (Å²) in [5, 5.41) is 0. The topological polar surface area (TPSA) is 43.4 Å². The monoisotopic (exact) mass is 476 g/mol. The molecule has 3 heteroatoms. The van der Waals surface area contributed by atoms with Crippen molar-refractivity contribution in [3.8, 4) is 5.75 Å². The highest BCUT2D eigenvalue weighted by molar-refractivity contribution is 5.80. The van der Waals surface area contributed by atoms with Gasteiger partial charge in [-0.05, 0) is 52.8 Å². The standard InChI is InChI=1S/C30H40O3.C2H4/c1-4-5-6-10-18-30(2,3)25-14-16-27(28-21-26(32)15-13-24(28)17-19-31)29(20-25)33-22-23-11-8-7-9-12-23;1-2/h7-9,11-12,14,16,19-20,24,28H,4-6,10,13,15,17-18,21-22H2,1-3H3;1-2H2/t24-,28+;/m0./s1. The Morgan fingerprint density at radius 1 is 1.06 bits per heavy atom. The fourth-order valence-corrected chi connectivity index (χ4v) is 5.09. The van der Waals surface area contributed by atoms with E-state index in [0.29, 0.717) is 25.9 Å². The summed E-state index contributed by atoms with van der Waals surface area (Å²) < 4.78 is 6.42. The molecule has 0 aromatic heterocycles. The van der Waals surface area contributed by atoms with E-state index in [1.807, 2.05) is 18.2 Å².